The molecule has 1 amide bonds. The summed E-state index contributed by atoms with van der Waals surface area (Å²) in [6.07, 6.45) is -3.97. The number of benzene rings is 2. The highest BCUT2D eigenvalue weighted by Gasteiger charge is 2.40. The van der Waals surface area contributed by atoms with Gasteiger partial charge in [-0.1, -0.05) is 29.8 Å². The lowest BCUT2D eigenvalue weighted by Gasteiger charge is -2.16. The zero-order chi connectivity index (χ0) is 20.5. The maximum Gasteiger partial charge on any atom is 0.434 e. The molecule has 1 N–H and O–H groups in total. The molecule has 0 saturated heterocycles. The number of hydrogen-bond acceptors (Lipinski definition) is 2. The first-order valence-electron chi connectivity index (χ1n) is 8.14. The number of halogens is 5. The zero-order valence-corrected chi connectivity index (χ0v) is 15.2. The normalized spacial score (nSPS) is 12.6. The van der Waals surface area contributed by atoms with Crippen LogP contribution in [0, 0.1) is 5.82 Å². The smallest absolute Gasteiger partial charge is 0.345 e. The molecule has 146 valence electrons. The van der Waals surface area contributed by atoms with Gasteiger partial charge in [0.15, 0.2) is 5.69 Å². The molecule has 2 aromatic carbocycles. The molecule has 0 bridgehead atoms. The molecule has 3 rings (SSSR count). The van der Waals surface area contributed by atoms with Gasteiger partial charge >= 0.3 is 6.18 Å². The van der Waals surface area contributed by atoms with E-state index in [0.29, 0.717) is 10.2 Å². The van der Waals surface area contributed by atoms with Gasteiger partial charge in [-0.05, 0) is 42.8 Å². The van der Waals surface area contributed by atoms with Crippen molar-refractivity contribution in [3.63, 3.8) is 0 Å². The molecule has 28 heavy (non-hydrogen) atoms. The average Bonchev–Trinajstić information content (AvgIpc) is 3.08. The first-order valence-corrected chi connectivity index (χ1v) is 8.52. The number of nitrogens with one attached hydrogen (secondary N) is 1. The Morgan fingerprint density at radius 3 is 2.46 bits per heavy atom. The van der Waals surface area contributed by atoms with Crippen molar-refractivity contribution in [1.29, 1.82) is 0 Å². The molecule has 0 spiro atoms. The molecule has 0 saturated carbocycles. The molecule has 1 heterocycles. The highest BCUT2D eigenvalue weighted by atomic mass is 35.5. The minimum absolute atomic E-state index is 0.0745. The van der Waals surface area contributed by atoms with Crippen LogP contribution in [0.5, 0.6) is 0 Å². The minimum atomic E-state index is -4.83. The summed E-state index contributed by atoms with van der Waals surface area (Å²) in [4.78, 5) is 12.5. The number of carbonyl (C=O) groups excluding carboxylic acids is 1. The largest absolute Gasteiger partial charge is 0.434 e. The molecule has 9 heteroatoms. The van der Waals surface area contributed by atoms with Gasteiger partial charge in [0, 0.05) is 5.02 Å². The van der Waals surface area contributed by atoms with Crippen LogP contribution in [0.25, 0.3) is 5.69 Å². The summed E-state index contributed by atoms with van der Waals surface area (Å²) in [5.74, 6) is -1.40. The van der Waals surface area contributed by atoms with E-state index in [9.17, 15) is 22.4 Å². The summed E-state index contributed by atoms with van der Waals surface area (Å²) in [5.41, 5.74) is -1.21. The van der Waals surface area contributed by atoms with Crippen LogP contribution in [0.15, 0.2) is 54.7 Å². The molecule has 0 aliphatic carbocycles. The van der Waals surface area contributed by atoms with E-state index in [0.717, 1.165) is 6.20 Å². The van der Waals surface area contributed by atoms with Gasteiger partial charge < -0.3 is 5.32 Å². The van der Waals surface area contributed by atoms with Crippen molar-refractivity contribution in [2.45, 2.75) is 19.1 Å². The lowest BCUT2D eigenvalue weighted by molar-refractivity contribution is -0.143. The molecule has 1 unspecified atom stereocenters. The van der Waals surface area contributed by atoms with Crippen molar-refractivity contribution >= 4 is 17.5 Å². The second-order valence-corrected chi connectivity index (χ2v) is 6.48. The van der Waals surface area contributed by atoms with Gasteiger partial charge in [0.2, 0.25) is 0 Å². The fraction of sp³-hybridized carbons (Fsp3) is 0.158. The second kappa shape index (κ2) is 7.63. The highest BCUT2D eigenvalue weighted by molar-refractivity contribution is 6.30. The number of carbonyl (C=O) groups is 1. The van der Waals surface area contributed by atoms with Crippen LogP contribution in [-0.4, -0.2) is 15.7 Å². The van der Waals surface area contributed by atoms with Crippen molar-refractivity contribution in [3.8, 4) is 5.69 Å². The fourth-order valence-corrected chi connectivity index (χ4v) is 2.88. The summed E-state index contributed by atoms with van der Waals surface area (Å²) in [6, 6.07) is 10.4. The van der Waals surface area contributed by atoms with Crippen LogP contribution in [0.3, 0.4) is 0 Å². The van der Waals surface area contributed by atoms with Crippen molar-refractivity contribution in [2.24, 2.45) is 0 Å². The first-order chi connectivity index (χ1) is 13.2. The molecule has 3 aromatic rings. The van der Waals surface area contributed by atoms with Crippen LogP contribution in [0.2, 0.25) is 5.02 Å². The molecular weight excluding hydrogens is 398 g/mol. The summed E-state index contributed by atoms with van der Waals surface area (Å²) >= 11 is 5.85. The van der Waals surface area contributed by atoms with Gasteiger partial charge in [0.05, 0.1) is 23.5 Å². The first kappa shape index (κ1) is 19.9. The number of hydrogen-bond donors (Lipinski definition) is 1. The third kappa shape index (κ3) is 4.17. The van der Waals surface area contributed by atoms with Gasteiger partial charge in [-0.15, -0.1) is 0 Å². The van der Waals surface area contributed by atoms with Crippen LogP contribution < -0.4 is 5.32 Å². The van der Waals surface area contributed by atoms with Gasteiger partial charge in [-0.25, -0.2) is 9.07 Å². The minimum Gasteiger partial charge on any atom is -0.345 e. The van der Waals surface area contributed by atoms with E-state index in [2.05, 4.69) is 10.4 Å². The van der Waals surface area contributed by atoms with Crippen LogP contribution in [-0.2, 0) is 6.18 Å². The van der Waals surface area contributed by atoms with E-state index in [4.69, 9.17) is 11.6 Å². The lowest BCUT2D eigenvalue weighted by atomic mass is 10.1. The highest BCUT2D eigenvalue weighted by Crippen LogP contribution is 2.34. The summed E-state index contributed by atoms with van der Waals surface area (Å²) in [5, 5.41) is 6.45. The maximum atomic E-state index is 13.7. The SMILES string of the molecule is CC(NC(=O)c1cnn(-c2cccc(Cl)c2)c1C(F)(F)F)c1ccc(F)cc1. The van der Waals surface area contributed by atoms with E-state index < -0.39 is 35.2 Å². The lowest BCUT2D eigenvalue weighted by Crippen LogP contribution is -2.29. The summed E-state index contributed by atoms with van der Waals surface area (Å²) < 4.78 is 54.7. The van der Waals surface area contributed by atoms with Gasteiger partial charge in [0.1, 0.15) is 5.82 Å². The zero-order valence-electron chi connectivity index (χ0n) is 14.5. The standard InChI is InChI=1S/C19H14ClF4N3O/c1-11(12-5-7-14(21)8-6-12)26-18(28)16-10-25-27(17(16)19(22,23)24)15-4-2-3-13(20)9-15/h2-11H,1H3,(H,26,28). The molecule has 1 atom stereocenters. The number of aromatic nitrogens is 2. The van der Waals surface area contributed by atoms with Gasteiger partial charge in [-0.3, -0.25) is 4.79 Å². The van der Waals surface area contributed by atoms with Gasteiger partial charge in [0.25, 0.3) is 5.91 Å². The van der Waals surface area contributed by atoms with E-state index in [1.807, 2.05) is 0 Å². The summed E-state index contributed by atoms with van der Waals surface area (Å²) in [7, 11) is 0. The van der Waals surface area contributed by atoms with E-state index >= 15 is 0 Å². The van der Waals surface area contributed by atoms with E-state index in [1.54, 1.807) is 6.92 Å². The molecular formula is C19H14ClF4N3O. The quantitative estimate of drug-likeness (QED) is 0.602. The number of alkyl halides is 3. The molecule has 4 nitrogen and oxygen atoms in total. The third-order valence-corrected chi connectivity index (χ3v) is 4.29. The predicted molar refractivity (Wildman–Crippen MR) is 95.9 cm³/mol. The van der Waals surface area contributed by atoms with Crippen molar-refractivity contribution in [3.05, 3.63) is 82.4 Å². The Morgan fingerprint density at radius 1 is 1.18 bits per heavy atom. The second-order valence-electron chi connectivity index (χ2n) is 6.04. The number of rotatable bonds is 4. The average molecular weight is 412 g/mol. The Labute approximate surface area is 162 Å². The fourth-order valence-electron chi connectivity index (χ4n) is 2.70. The Bertz CT molecular complexity index is 999. The number of nitrogens with zero attached hydrogens (tertiary/aromatic N) is 2. The third-order valence-electron chi connectivity index (χ3n) is 4.05. The maximum absolute atomic E-state index is 13.7. The monoisotopic (exact) mass is 411 g/mol. The predicted octanol–water partition coefficient (Wildman–Crippen LogP) is 5.17. The van der Waals surface area contributed by atoms with Crippen molar-refractivity contribution in [2.75, 3.05) is 0 Å². The number of amides is 1. The van der Waals surface area contributed by atoms with Crippen LogP contribution in [0.4, 0.5) is 17.6 Å². The van der Waals surface area contributed by atoms with Crippen molar-refractivity contribution < 1.29 is 22.4 Å². The topological polar surface area (TPSA) is 46.9 Å². The van der Waals surface area contributed by atoms with E-state index in [1.165, 1.54) is 48.5 Å². The van der Waals surface area contributed by atoms with Gasteiger partial charge in [-0.2, -0.15) is 18.3 Å². The Morgan fingerprint density at radius 2 is 1.86 bits per heavy atom. The van der Waals surface area contributed by atoms with Crippen LogP contribution >= 0.6 is 11.6 Å². The molecule has 0 fully saturated rings. The molecule has 0 aliphatic rings. The molecule has 0 radical (unpaired) electrons. The summed E-state index contributed by atoms with van der Waals surface area (Å²) in [6.45, 7) is 1.58. The Balaban J connectivity index is 1.95. The Kier molecular flexibility index (Phi) is 5.42. The molecule has 1 aromatic heterocycles. The van der Waals surface area contributed by atoms with Crippen molar-refractivity contribution in [1.82, 2.24) is 15.1 Å². The van der Waals surface area contributed by atoms with E-state index in [-0.39, 0.29) is 10.7 Å². The Hall–Kier alpha value is -2.87. The van der Waals surface area contributed by atoms with Crippen LogP contribution in [0.1, 0.15) is 34.6 Å². The molecule has 0 aliphatic heterocycles.